The lowest BCUT2D eigenvalue weighted by Gasteiger charge is -2.08. The van der Waals surface area contributed by atoms with Crippen molar-refractivity contribution < 1.29 is 4.74 Å². The van der Waals surface area contributed by atoms with E-state index in [0.717, 1.165) is 22.9 Å². The number of aromatic nitrogens is 1. The fraction of sp³-hybridized carbons (Fsp3) is 0.357. The van der Waals surface area contributed by atoms with Crippen LogP contribution in [0.25, 0.3) is 0 Å². The summed E-state index contributed by atoms with van der Waals surface area (Å²) in [4.78, 5) is 4.41. The minimum Gasteiger partial charge on any atom is -0.493 e. The Hall–Kier alpha value is -1.39. The van der Waals surface area contributed by atoms with E-state index in [4.69, 9.17) is 10.5 Å². The third kappa shape index (κ3) is 3.31. The molecule has 0 bridgehead atoms. The number of nitrogens with zero attached hydrogens (tertiary/aromatic N) is 1. The van der Waals surface area contributed by atoms with Gasteiger partial charge in [0.05, 0.1) is 12.3 Å². The number of nitrogens with two attached hydrogens (primary N) is 1. The molecule has 2 rings (SSSR count). The van der Waals surface area contributed by atoms with Gasteiger partial charge in [-0.2, -0.15) is 0 Å². The average molecular weight is 262 g/mol. The van der Waals surface area contributed by atoms with Gasteiger partial charge in [0.15, 0.2) is 0 Å². The highest BCUT2D eigenvalue weighted by atomic mass is 32.1. The second-order valence-electron chi connectivity index (χ2n) is 4.30. The van der Waals surface area contributed by atoms with Crippen molar-refractivity contribution in [1.29, 1.82) is 0 Å². The minimum atomic E-state index is 0.516. The van der Waals surface area contributed by atoms with E-state index in [1.165, 1.54) is 11.1 Å². The molecule has 0 spiro atoms. The third-order valence-corrected chi connectivity index (χ3v) is 3.64. The summed E-state index contributed by atoms with van der Waals surface area (Å²) in [6.07, 6.45) is 0.823. The molecule has 0 atom stereocenters. The van der Waals surface area contributed by atoms with Crippen LogP contribution in [-0.2, 0) is 13.0 Å². The first-order valence-corrected chi connectivity index (χ1v) is 6.90. The lowest BCUT2D eigenvalue weighted by atomic mass is 10.1. The quantitative estimate of drug-likeness (QED) is 0.901. The third-order valence-electron chi connectivity index (χ3n) is 2.72. The molecule has 1 aromatic heterocycles. The summed E-state index contributed by atoms with van der Waals surface area (Å²) in [5.74, 6) is 0.954. The molecule has 18 heavy (non-hydrogen) atoms. The predicted molar refractivity (Wildman–Crippen MR) is 75.1 cm³/mol. The van der Waals surface area contributed by atoms with Crippen LogP contribution in [0.2, 0.25) is 0 Å². The lowest BCUT2D eigenvalue weighted by molar-refractivity contribution is 0.318. The average Bonchev–Trinajstić information content (AvgIpc) is 2.80. The van der Waals surface area contributed by atoms with Crippen LogP contribution in [0.15, 0.2) is 23.6 Å². The fourth-order valence-electron chi connectivity index (χ4n) is 1.78. The molecule has 0 aliphatic rings. The first-order chi connectivity index (χ1) is 8.69. The van der Waals surface area contributed by atoms with E-state index < -0.39 is 0 Å². The summed E-state index contributed by atoms with van der Waals surface area (Å²) in [6.45, 7) is 5.32. The molecule has 96 valence electrons. The maximum atomic E-state index is 5.77. The number of hydrogen-bond acceptors (Lipinski definition) is 4. The number of hydrogen-bond donors (Lipinski definition) is 1. The van der Waals surface area contributed by atoms with Crippen LogP contribution in [0, 0.1) is 13.8 Å². The molecule has 1 aromatic carbocycles. The number of rotatable bonds is 5. The van der Waals surface area contributed by atoms with Crippen LogP contribution >= 0.6 is 11.3 Å². The van der Waals surface area contributed by atoms with Crippen LogP contribution in [0.5, 0.6) is 5.75 Å². The zero-order valence-corrected chi connectivity index (χ0v) is 11.6. The van der Waals surface area contributed by atoms with E-state index >= 15 is 0 Å². The molecule has 0 unspecified atom stereocenters. The summed E-state index contributed by atoms with van der Waals surface area (Å²) in [6, 6.07) is 6.22. The number of thiazole rings is 1. The van der Waals surface area contributed by atoms with Gasteiger partial charge in [0, 0.05) is 18.3 Å². The molecule has 2 aromatic rings. The summed E-state index contributed by atoms with van der Waals surface area (Å²) in [5, 5.41) is 3.03. The Morgan fingerprint density at radius 2 is 2.17 bits per heavy atom. The Kier molecular flexibility index (Phi) is 4.33. The minimum absolute atomic E-state index is 0.516. The van der Waals surface area contributed by atoms with E-state index in [-0.39, 0.29) is 0 Å². The van der Waals surface area contributed by atoms with Crippen molar-refractivity contribution >= 4 is 11.3 Å². The largest absolute Gasteiger partial charge is 0.493 e. The Bertz CT molecular complexity index is 522. The molecule has 0 saturated carbocycles. The highest BCUT2D eigenvalue weighted by molar-refractivity contribution is 7.09. The van der Waals surface area contributed by atoms with E-state index in [9.17, 15) is 0 Å². The highest BCUT2D eigenvalue weighted by Gasteiger charge is 2.03. The molecule has 1 heterocycles. The van der Waals surface area contributed by atoms with Crippen molar-refractivity contribution in [3.8, 4) is 5.75 Å². The fourth-order valence-corrected chi connectivity index (χ4v) is 2.49. The Morgan fingerprint density at radius 1 is 1.33 bits per heavy atom. The Balaban J connectivity index is 1.88. The number of benzene rings is 1. The van der Waals surface area contributed by atoms with E-state index in [1.54, 1.807) is 11.3 Å². The van der Waals surface area contributed by atoms with Crippen molar-refractivity contribution in [3.63, 3.8) is 0 Å². The van der Waals surface area contributed by atoms with Crippen LogP contribution in [-0.4, -0.2) is 11.6 Å². The summed E-state index contributed by atoms with van der Waals surface area (Å²) in [7, 11) is 0. The first kappa shape index (κ1) is 13.1. The molecule has 4 heteroatoms. The zero-order valence-electron chi connectivity index (χ0n) is 10.8. The van der Waals surface area contributed by atoms with Gasteiger partial charge in [-0.05, 0) is 25.5 Å². The van der Waals surface area contributed by atoms with Gasteiger partial charge in [-0.3, -0.25) is 0 Å². The van der Waals surface area contributed by atoms with Gasteiger partial charge in [-0.25, -0.2) is 4.98 Å². The molecule has 3 nitrogen and oxygen atoms in total. The van der Waals surface area contributed by atoms with Crippen molar-refractivity contribution in [2.75, 3.05) is 6.61 Å². The van der Waals surface area contributed by atoms with Crippen molar-refractivity contribution in [2.24, 2.45) is 5.73 Å². The van der Waals surface area contributed by atoms with Crippen molar-refractivity contribution in [2.45, 2.75) is 26.8 Å². The molecular weight excluding hydrogens is 244 g/mol. The van der Waals surface area contributed by atoms with Gasteiger partial charge in [-0.15, -0.1) is 11.3 Å². The van der Waals surface area contributed by atoms with Crippen molar-refractivity contribution in [1.82, 2.24) is 4.98 Å². The van der Waals surface area contributed by atoms with Gasteiger partial charge in [0.25, 0.3) is 0 Å². The molecular formula is C14H18N2OS. The van der Waals surface area contributed by atoms with Gasteiger partial charge in [0.1, 0.15) is 10.8 Å². The second kappa shape index (κ2) is 5.98. The summed E-state index contributed by atoms with van der Waals surface area (Å²) >= 11 is 1.61. The topological polar surface area (TPSA) is 48.1 Å². The first-order valence-electron chi connectivity index (χ1n) is 6.02. The zero-order chi connectivity index (χ0) is 13.0. The monoisotopic (exact) mass is 262 g/mol. The predicted octanol–water partition coefficient (Wildman–Crippen LogP) is 2.84. The smallest absolute Gasteiger partial charge is 0.122 e. The van der Waals surface area contributed by atoms with Gasteiger partial charge in [0.2, 0.25) is 0 Å². The van der Waals surface area contributed by atoms with Crippen LogP contribution in [0.4, 0.5) is 0 Å². The molecule has 0 saturated heterocycles. The van der Waals surface area contributed by atoms with Gasteiger partial charge in [-0.1, -0.05) is 17.7 Å². The molecule has 0 aliphatic carbocycles. The Morgan fingerprint density at radius 3 is 2.83 bits per heavy atom. The molecule has 0 amide bonds. The van der Waals surface area contributed by atoms with Crippen LogP contribution in [0.1, 0.15) is 21.8 Å². The number of aryl methyl sites for hydroxylation is 2. The summed E-state index contributed by atoms with van der Waals surface area (Å²) in [5.41, 5.74) is 9.03. The van der Waals surface area contributed by atoms with Gasteiger partial charge >= 0.3 is 0 Å². The standard InChI is InChI=1S/C14H18N2OS/c1-10-3-4-13(11(2)7-10)17-6-5-12-9-18-14(8-15)16-12/h3-4,7,9H,5-6,8,15H2,1-2H3. The van der Waals surface area contributed by atoms with E-state index in [0.29, 0.717) is 13.2 Å². The SMILES string of the molecule is Cc1ccc(OCCc2csc(CN)n2)c(C)c1. The molecule has 0 aliphatic heterocycles. The van der Waals surface area contributed by atoms with Crippen LogP contribution in [0.3, 0.4) is 0 Å². The lowest BCUT2D eigenvalue weighted by Crippen LogP contribution is -2.03. The van der Waals surface area contributed by atoms with Crippen molar-refractivity contribution in [3.05, 3.63) is 45.4 Å². The molecule has 0 radical (unpaired) electrons. The Labute approximate surface area is 112 Å². The normalized spacial score (nSPS) is 10.6. The van der Waals surface area contributed by atoms with E-state index in [2.05, 4.69) is 31.0 Å². The second-order valence-corrected chi connectivity index (χ2v) is 5.25. The molecule has 0 fully saturated rings. The van der Waals surface area contributed by atoms with E-state index in [1.807, 2.05) is 11.4 Å². The highest BCUT2D eigenvalue weighted by Crippen LogP contribution is 2.19. The number of ether oxygens (including phenoxy) is 1. The maximum absolute atomic E-state index is 5.77. The van der Waals surface area contributed by atoms with Crippen LogP contribution < -0.4 is 10.5 Å². The summed E-state index contributed by atoms with van der Waals surface area (Å²) < 4.78 is 5.77. The molecule has 2 N–H and O–H groups in total. The maximum Gasteiger partial charge on any atom is 0.122 e. The van der Waals surface area contributed by atoms with Gasteiger partial charge < -0.3 is 10.5 Å².